The third kappa shape index (κ3) is 2.82. The average molecular weight is 278 g/mol. The van der Waals surface area contributed by atoms with Gasteiger partial charge in [0, 0.05) is 18.0 Å². The van der Waals surface area contributed by atoms with Gasteiger partial charge in [-0.05, 0) is 42.6 Å². The summed E-state index contributed by atoms with van der Waals surface area (Å²) >= 11 is 5.72. The summed E-state index contributed by atoms with van der Waals surface area (Å²) in [6.07, 6.45) is 3.61. The molecule has 1 atom stereocenters. The SMILES string of the molecule is CC(Cc1cccnc1)(C(=O)Cl)c1ccccc1F. The normalized spacial score (nSPS) is 13.8. The molecule has 1 unspecified atom stereocenters. The van der Waals surface area contributed by atoms with Crippen LogP contribution in [-0.2, 0) is 16.6 Å². The van der Waals surface area contributed by atoms with Crippen molar-refractivity contribution in [3.05, 3.63) is 65.7 Å². The maximum Gasteiger partial charge on any atom is 0.232 e. The van der Waals surface area contributed by atoms with E-state index in [1.807, 2.05) is 6.07 Å². The highest BCUT2D eigenvalue weighted by atomic mass is 35.5. The molecule has 1 aromatic heterocycles. The lowest BCUT2D eigenvalue weighted by atomic mass is 9.78. The van der Waals surface area contributed by atoms with Gasteiger partial charge in [0.2, 0.25) is 5.24 Å². The quantitative estimate of drug-likeness (QED) is 0.801. The van der Waals surface area contributed by atoms with Crippen molar-refractivity contribution in [1.29, 1.82) is 0 Å². The summed E-state index contributed by atoms with van der Waals surface area (Å²) in [5.41, 5.74) is 0.0387. The average Bonchev–Trinajstić information content (AvgIpc) is 2.40. The van der Waals surface area contributed by atoms with E-state index in [9.17, 15) is 9.18 Å². The van der Waals surface area contributed by atoms with Crippen molar-refractivity contribution in [3.8, 4) is 0 Å². The molecule has 4 heteroatoms. The van der Waals surface area contributed by atoms with Gasteiger partial charge in [-0.25, -0.2) is 4.39 Å². The van der Waals surface area contributed by atoms with Gasteiger partial charge in [-0.15, -0.1) is 0 Å². The number of carbonyl (C=O) groups is 1. The van der Waals surface area contributed by atoms with Crippen molar-refractivity contribution in [3.63, 3.8) is 0 Å². The number of pyridine rings is 1. The van der Waals surface area contributed by atoms with Gasteiger partial charge in [-0.3, -0.25) is 9.78 Å². The zero-order valence-electron chi connectivity index (χ0n) is 10.4. The first kappa shape index (κ1) is 13.7. The Morgan fingerprint density at radius 1 is 1.32 bits per heavy atom. The molecule has 0 aliphatic rings. The predicted octanol–water partition coefficient (Wildman–Crippen LogP) is 3.49. The molecule has 0 fully saturated rings. The second kappa shape index (κ2) is 5.49. The molecule has 2 aromatic rings. The number of carbonyl (C=O) groups excluding carboxylic acids is 1. The van der Waals surface area contributed by atoms with Crippen LogP contribution in [-0.4, -0.2) is 10.2 Å². The summed E-state index contributed by atoms with van der Waals surface area (Å²) in [4.78, 5) is 15.8. The van der Waals surface area contributed by atoms with Crippen molar-refractivity contribution in [2.24, 2.45) is 0 Å². The van der Waals surface area contributed by atoms with Gasteiger partial charge in [0.05, 0.1) is 5.41 Å². The van der Waals surface area contributed by atoms with Gasteiger partial charge in [0.25, 0.3) is 0 Å². The standard InChI is InChI=1S/C15H13ClFNO/c1-15(14(16)19,9-11-5-4-8-18-10-11)12-6-2-3-7-13(12)17/h2-8,10H,9H2,1H3. The molecule has 0 bridgehead atoms. The minimum absolute atomic E-state index is 0.304. The van der Waals surface area contributed by atoms with E-state index < -0.39 is 16.5 Å². The van der Waals surface area contributed by atoms with Gasteiger partial charge >= 0.3 is 0 Å². The Kier molecular flexibility index (Phi) is 3.96. The summed E-state index contributed by atoms with van der Waals surface area (Å²) < 4.78 is 13.9. The van der Waals surface area contributed by atoms with Crippen LogP contribution in [0.15, 0.2) is 48.8 Å². The smallest absolute Gasteiger partial charge is 0.232 e. The molecule has 0 spiro atoms. The molecule has 0 aliphatic heterocycles. The molecule has 2 nitrogen and oxygen atoms in total. The molecule has 0 N–H and O–H groups in total. The molecule has 98 valence electrons. The lowest BCUT2D eigenvalue weighted by Crippen LogP contribution is -2.33. The molecule has 0 saturated heterocycles. The molecule has 19 heavy (non-hydrogen) atoms. The van der Waals surface area contributed by atoms with Crippen LogP contribution in [0.1, 0.15) is 18.1 Å². The summed E-state index contributed by atoms with van der Waals surface area (Å²) in [5, 5.41) is -0.582. The second-order valence-corrected chi connectivity index (χ2v) is 4.97. The lowest BCUT2D eigenvalue weighted by molar-refractivity contribution is -0.116. The summed E-state index contributed by atoms with van der Waals surface area (Å²) in [6.45, 7) is 1.65. The van der Waals surface area contributed by atoms with Gasteiger partial charge in [0.1, 0.15) is 5.82 Å². The number of benzene rings is 1. The van der Waals surface area contributed by atoms with E-state index in [1.165, 1.54) is 6.07 Å². The van der Waals surface area contributed by atoms with Crippen molar-refractivity contribution >= 4 is 16.8 Å². The maximum absolute atomic E-state index is 13.9. The number of halogens is 2. The fourth-order valence-corrected chi connectivity index (χ4v) is 2.26. The van der Waals surface area contributed by atoms with Crippen LogP contribution < -0.4 is 0 Å². The molecule has 0 amide bonds. The Hall–Kier alpha value is -1.74. The van der Waals surface area contributed by atoms with E-state index in [2.05, 4.69) is 4.98 Å². The summed E-state index contributed by atoms with van der Waals surface area (Å²) in [5.74, 6) is -0.428. The number of hydrogen-bond donors (Lipinski definition) is 0. The third-order valence-corrected chi connectivity index (χ3v) is 3.60. The van der Waals surface area contributed by atoms with Gasteiger partial charge in [0.15, 0.2) is 0 Å². The highest BCUT2D eigenvalue weighted by Gasteiger charge is 2.36. The van der Waals surface area contributed by atoms with Gasteiger partial charge < -0.3 is 0 Å². The van der Waals surface area contributed by atoms with E-state index in [0.29, 0.717) is 12.0 Å². The Labute approximate surface area is 116 Å². The monoisotopic (exact) mass is 277 g/mol. The Bertz CT molecular complexity index is 588. The second-order valence-electron chi connectivity index (χ2n) is 4.62. The largest absolute Gasteiger partial charge is 0.280 e. The Morgan fingerprint density at radius 2 is 2.05 bits per heavy atom. The number of rotatable bonds is 4. The molecule has 2 rings (SSSR count). The lowest BCUT2D eigenvalue weighted by Gasteiger charge is -2.26. The van der Waals surface area contributed by atoms with E-state index in [-0.39, 0.29) is 0 Å². The van der Waals surface area contributed by atoms with Gasteiger partial charge in [-0.2, -0.15) is 0 Å². The van der Waals surface area contributed by atoms with Crippen LogP contribution in [0.5, 0.6) is 0 Å². The van der Waals surface area contributed by atoms with Crippen LogP contribution in [0.2, 0.25) is 0 Å². The zero-order valence-corrected chi connectivity index (χ0v) is 11.2. The first-order chi connectivity index (χ1) is 9.04. The van der Waals surface area contributed by atoms with Crippen molar-refractivity contribution in [1.82, 2.24) is 4.98 Å². The molecular formula is C15H13ClFNO. The molecule has 1 aromatic carbocycles. The van der Waals surface area contributed by atoms with Crippen LogP contribution in [0.3, 0.4) is 0 Å². The molecule has 0 aliphatic carbocycles. The van der Waals surface area contributed by atoms with Crippen LogP contribution in [0.4, 0.5) is 4.39 Å². The number of hydrogen-bond acceptors (Lipinski definition) is 2. The van der Waals surface area contributed by atoms with Crippen molar-refractivity contribution in [2.45, 2.75) is 18.8 Å². The topological polar surface area (TPSA) is 30.0 Å². The molecule has 1 heterocycles. The predicted molar refractivity (Wildman–Crippen MR) is 72.6 cm³/mol. The third-order valence-electron chi connectivity index (χ3n) is 3.18. The number of nitrogens with zero attached hydrogens (tertiary/aromatic N) is 1. The van der Waals surface area contributed by atoms with Crippen LogP contribution in [0, 0.1) is 5.82 Å². The first-order valence-electron chi connectivity index (χ1n) is 5.88. The van der Waals surface area contributed by atoms with Crippen molar-refractivity contribution in [2.75, 3.05) is 0 Å². The van der Waals surface area contributed by atoms with Crippen LogP contribution in [0.25, 0.3) is 0 Å². The first-order valence-corrected chi connectivity index (χ1v) is 6.25. The zero-order chi connectivity index (χ0) is 13.9. The molecule has 0 saturated carbocycles. The van der Waals surface area contributed by atoms with Crippen molar-refractivity contribution < 1.29 is 9.18 Å². The molecule has 0 radical (unpaired) electrons. The minimum atomic E-state index is -1.10. The fourth-order valence-electron chi connectivity index (χ4n) is 2.09. The molecular weight excluding hydrogens is 265 g/mol. The maximum atomic E-state index is 13.9. The van der Waals surface area contributed by atoms with Gasteiger partial charge in [-0.1, -0.05) is 24.3 Å². The highest BCUT2D eigenvalue weighted by molar-refractivity contribution is 6.65. The van der Waals surface area contributed by atoms with E-state index in [4.69, 9.17) is 11.6 Å². The fraction of sp³-hybridized carbons (Fsp3) is 0.200. The van der Waals surface area contributed by atoms with E-state index >= 15 is 0 Å². The number of aromatic nitrogens is 1. The summed E-state index contributed by atoms with van der Waals surface area (Å²) in [6, 6.07) is 9.81. The Morgan fingerprint density at radius 3 is 2.63 bits per heavy atom. The summed E-state index contributed by atoms with van der Waals surface area (Å²) in [7, 11) is 0. The van der Waals surface area contributed by atoms with Crippen LogP contribution >= 0.6 is 11.6 Å². The minimum Gasteiger partial charge on any atom is -0.280 e. The van der Waals surface area contributed by atoms with E-state index in [0.717, 1.165) is 5.56 Å². The highest BCUT2D eigenvalue weighted by Crippen LogP contribution is 2.32. The Balaban J connectivity index is 2.45. The van der Waals surface area contributed by atoms with E-state index in [1.54, 1.807) is 43.6 Å².